The number of rotatable bonds is 8. The molecule has 1 amide bonds. The minimum absolute atomic E-state index is 0.0269. The highest BCUT2D eigenvalue weighted by molar-refractivity contribution is 7.13. The van der Waals surface area contributed by atoms with Crippen molar-refractivity contribution < 1.29 is 4.79 Å². The first-order valence-corrected chi connectivity index (χ1v) is 8.56. The lowest BCUT2D eigenvalue weighted by molar-refractivity contribution is -0.120. The largest absolute Gasteiger partial charge is 0.354 e. The van der Waals surface area contributed by atoms with Gasteiger partial charge in [0.2, 0.25) is 5.91 Å². The number of carbonyl (C=O) groups excluding carboxylic acids is 1. The monoisotopic (exact) mass is 317 g/mol. The van der Waals surface area contributed by atoms with Gasteiger partial charge in [0.05, 0.1) is 12.1 Å². The maximum Gasteiger partial charge on any atom is 0.226 e. The third kappa shape index (κ3) is 5.24. The van der Waals surface area contributed by atoms with Crippen LogP contribution < -0.4 is 10.6 Å². The fraction of sp³-hybridized carbons (Fsp3) is 0.412. The van der Waals surface area contributed by atoms with E-state index in [0.717, 1.165) is 35.8 Å². The molecule has 0 fully saturated rings. The van der Waals surface area contributed by atoms with Crippen molar-refractivity contribution >= 4 is 17.2 Å². The van der Waals surface area contributed by atoms with E-state index in [1.54, 1.807) is 11.3 Å². The Morgan fingerprint density at radius 2 is 1.95 bits per heavy atom. The van der Waals surface area contributed by atoms with Gasteiger partial charge in [0, 0.05) is 24.0 Å². The van der Waals surface area contributed by atoms with Crippen LogP contribution in [0.3, 0.4) is 0 Å². The zero-order valence-corrected chi connectivity index (χ0v) is 14.0. The molecule has 0 unspecified atom stereocenters. The van der Waals surface area contributed by atoms with E-state index in [4.69, 9.17) is 0 Å². The molecule has 1 heterocycles. The van der Waals surface area contributed by atoms with Crippen LogP contribution in [0.1, 0.15) is 24.6 Å². The molecule has 2 aromatic rings. The van der Waals surface area contributed by atoms with E-state index < -0.39 is 0 Å². The first-order valence-electron chi connectivity index (χ1n) is 7.68. The van der Waals surface area contributed by atoms with E-state index in [9.17, 15) is 4.79 Å². The van der Waals surface area contributed by atoms with Crippen molar-refractivity contribution in [3.63, 3.8) is 0 Å². The van der Waals surface area contributed by atoms with Gasteiger partial charge in [0.1, 0.15) is 5.01 Å². The molecule has 0 aliphatic carbocycles. The number of benzene rings is 1. The molecule has 0 aliphatic heterocycles. The Balaban J connectivity index is 1.81. The average molecular weight is 317 g/mol. The van der Waals surface area contributed by atoms with Crippen molar-refractivity contribution in [3.8, 4) is 10.6 Å². The summed E-state index contributed by atoms with van der Waals surface area (Å²) in [6.45, 7) is 6.65. The highest BCUT2D eigenvalue weighted by atomic mass is 32.1. The Bertz CT molecular complexity index is 592. The molecule has 0 radical (unpaired) electrons. The van der Waals surface area contributed by atoms with Crippen molar-refractivity contribution in [1.82, 2.24) is 15.6 Å². The minimum atomic E-state index is 0.0269. The lowest BCUT2D eigenvalue weighted by Crippen LogP contribution is -2.33. The quantitative estimate of drug-likeness (QED) is 0.736. The Morgan fingerprint density at radius 3 is 2.68 bits per heavy atom. The maximum absolute atomic E-state index is 11.9. The molecule has 0 saturated heterocycles. The van der Waals surface area contributed by atoms with Gasteiger partial charge in [0.15, 0.2) is 0 Å². The van der Waals surface area contributed by atoms with Gasteiger partial charge in [-0.25, -0.2) is 4.98 Å². The molecule has 0 bridgehead atoms. The summed E-state index contributed by atoms with van der Waals surface area (Å²) < 4.78 is 0. The molecular formula is C17H23N3OS. The van der Waals surface area contributed by atoms with Gasteiger partial charge in [-0.1, -0.05) is 36.8 Å². The fourth-order valence-corrected chi connectivity index (χ4v) is 2.86. The van der Waals surface area contributed by atoms with Gasteiger partial charge in [-0.3, -0.25) is 4.79 Å². The second-order valence-corrected chi connectivity index (χ2v) is 6.14. The summed E-state index contributed by atoms with van der Waals surface area (Å²) in [6, 6.07) is 8.29. The van der Waals surface area contributed by atoms with Crippen LogP contribution in [0.2, 0.25) is 0 Å². The number of nitrogens with one attached hydrogen (secondary N) is 2. The van der Waals surface area contributed by atoms with E-state index in [-0.39, 0.29) is 5.91 Å². The van der Waals surface area contributed by atoms with E-state index >= 15 is 0 Å². The van der Waals surface area contributed by atoms with Crippen LogP contribution in [0.15, 0.2) is 29.6 Å². The predicted molar refractivity (Wildman–Crippen MR) is 92.2 cm³/mol. The van der Waals surface area contributed by atoms with E-state index in [1.807, 2.05) is 5.38 Å². The van der Waals surface area contributed by atoms with Crippen molar-refractivity contribution in [2.45, 2.75) is 26.7 Å². The fourth-order valence-electron chi connectivity index (χ4n) is 2.04. The molecule has 22 heavy (non-hydrogen) atoms. The van der Waals surface area contributed by atoms with Crippen LogP contribution in [0.5, 0.6) is 0 Å². The van der Waals surface area contributed by atoms with E-state index in [0.29, 0.717) is 13.0 Å². The number of nitrogens with zero attached hydrogens (tertiary/aromatic N) is 1. The third-order valence-corrected chi connectivity index (χ3v) is 4.18. The van der Waals surface area contributed by atoms with Crippen molar-refractivity contribution in [2.75, 3.05) is 19.6 Å². The molecule has 2 N–H and O–H groups in total. The second kappa shape index (κ2) is 8.66. The number of hydrogen-bond donors (Lipinski definition) is 2. The molecule has 0 saturated carbocycles. The van der Waals surface area contributed by atoms with Crippen molar-refractivity contribution in [3.05, 3.63) is 40.9 Å². The number of aromatic nitrogens is 1. The number of thiazole rings is 1. The number of amides is 1. The Labute approximate surface area is 136 Å². The summed E-state index contributed by atoms with van der Waals surface area (Å²) in [4.78, 5) is 16.4. The molecule has 118 valence electrons. The minimum Gasteiger partial charge on any atom is -0.354 e. The van der Waals surface area contributed by atoms with Crippen molar-refractivity contribution in [1.29, 1.82) is 0 Å². The summed E-state index contributed by atoms with van der Waals surface area (Å²) in [6.07, 6.45) is 1.45. The van der Waals surface area contributed by atoms with E-state index in [1.165, 1.54) is 5.56 Å². The van der Waals surface area contributed by atoms with Gasteiger partial charge in [-0.15, -0.1) is 11.3 Å². The summed E-state index contributed by atoms with van der Waals surface area (Å²) in [5.74, 6) is 0.0269. The molecule has 0 spiro atoms. The highest BCUT2D eigenvalue weighted by Gasteiger charge is 2.08. The average Bonchev–Trinajstić information content (AvgIpc) is 2.96. The predicted octanol–water partition coefficient (Wildman–Crippen LogP) is 2.78. The van der Waals surface area contributed by atoms with Crippen LogP contribution in [-0.2, 0) is 11.2 Å². The van der Waals surface area contributed by atoms with Crippen LogP contribution in [0.4, 0.5) is 0 Å². The number of carbonyl (C=O) groups is 1. The van der Waals surface area contributed by atoms with Gasteiger partial charge < -0.3 is 10.6 Å². The lowest BCUT2D eigenvalue weighted by Gasteiger charge is -2.05. The Morgan fingerprint density at radius 1 is 1.18 bits per heavy atom. The normalized spacial score (nSPS) is 10.6. The van der Waals surface area contributed by atoms with Gasteiger partial charge >= 0.3 is 0 Å². The van der Waals surface area contributed by atoms with Crippen LogP contribution in [-0.4, -0.2) is 30.5 Å². The molecule has 4 nitrogen and oxygen atoms in total. The molecule has 0 aliphatic rings. The summed E-state index contributed by atoms with van der Waals surface area (Å²) in [5, 5.41) is 9.09. The van der Waals surface area contributed by atoms with Crippen molar-refractivity contribution in [2.24, 2.45) is 0 Å². The molecule has 0 atom stereocenters. The van der Waals surface area contributed by atoms with Gasteiger partial charge in [-0.2, -0.15) is 0 Å². The summed E-state index contributed by atoms with van der Waals surface area (Å²) >= 11 is 1.58. The number of aryl methyl sites for hydroxylation is 1. The highest BCUT2D eigenvalue weighted by Crippen LogP contribution is 2.24. The number of hydrogen-bond acceptors (Lipinski definition) is 4. The molecule has 2 rings (SSSR count). The third-order valence-electron chi connectivity index (χ3n) is 3.24. The zero-order valence-electron chi connectivity index (χ0n) is 13.2. The van der Waals surface area contributed by atoms with Crippen LogP contribution in [0, 0.1) is 6.92 Å². The standard InChI is InChI=1S/C17H23N3OS/c1-3-8-18-9-10-19-16(21)11-15-12-22-17(20-15)14-6-4-13(2)5-7-14/h4-7,12,18H,3,8-11H2,1-2H3,(H,19,21). The van der Waals surface area contributed by atoms with Crippen LogP contribution in [0.25, 0.3) is 10.6 Å². The smallest absolute Gasteiger partial charge is 0.226 e. The van der Waals surface area contributed by atoms with Gasteiger partial charge in [0.25, 0.3) is 0 Å². The Hall–Kier alpha value is -1.72. The summed E-state index contributed by atoms with van der Waals surface area (Å²) in [7, 11) is 0. The molecule has 1 aromatic heterocycles. The van der Waals surface area contributed by atoms with E-state index in [2.05, 4.69) is 53.7 Å². The SMILES string of the molecule is CCCNCCNC(=O)Cc1csc(-c2ccc(C)cc2)n1. The first-order chi connectivity index (χ1) is 10.7. The lowest BCUT2D eigenvalue weighted by atomic mass is 10.2. The maximum atomic E-state index is 11.9. The van der Waals surface area contributed by atoms with Gasteiger partial charge in [-0.05, 0) is 19.9 Å². The topological polar surface area (TPSA) is 54.0 Å². The molecular weight excluding hydrogens is 294 g/mol. The first kappa shape index (κ1) is 16.6. The zero-order chi connectivity index (χ0) is 15.8. The van der Waals surface area contributed by atoms with Crippen LogP contribution >= 0.6 is 11.3 Å². The summed E-state index contributed by atoms with van der Waals surface area (Å²) in [5.41, 5.74) is 3.17. The Kier molecular flexibility index (Phi) is 6.55. The second-order valence-electron chi connectivity index (χ2n) is 5.29. The molecule has 1 aromatic carbocycles. The molecule has 5 heteroatoms.